The molecule has 18 heavy (non-hydrogen) atoms. The van der Waals surface area contributed by atoms with Crippen LogP contribution in [0.4, 0.5) is 0 Å². The summed E-state index contributed by atoms with van der Waals surface area (Å²) in [4.78, 5) is 14.7. The number of likely N-dealkylation sites (tertiary alicyclic amines) is 1. The standard InChI is InChI=1S/C11H16N4O2S/c1-3-8-6-15(5-4-9(8)13-17)11(16)10-7(2)12-14-18-10/h8,17H,3-6H2,1-2H3. The Balaban J connectivity index is 2.12. The molecule has 0 bridgehead atoms. The number of nitrogens with zero attached hydrogens (tertiary/aromatic N) is 4. The molecule has 2 rings (SSSR count). The summed E-state index contributed by atoms with van der Waals surface area (Å²) in [7, 11) is 0. The number of hydrogen-bond donors (Lipinski definition) is 1. The van der Waals surface area contributed by atoms with E-state index in [4.69, 9.17) is 5.21 Å². The summed E-state index contributed by atoms with van der Waals surface area (Å²) >= 11 is 1.13. The molecule has 1 aliphatic rings. The van der Waals surface area contributed by atoms with Crippen LogP contribution in [0.3, 0.4) is 0 Å². The van der Waals surface area contributed by atoms with Gasteiger partial charge >= 0.3 is 0 Å². The number of hydrogen-bond acceptors (Lipinski definition) is 6. The lowest BCUT2D eigenvalue weighted by Gasteiger charge is -2.32. The molecule has 1 aromatic heterocycles. The molecule has 0 spiro atoms. The first-order valence-corrected chi connectivity index (χ1v) is 6.73. The molecule has 1 unspecified atom stereocenters. The molecular formula is C11H16N4O2S. The molecule has 1 aromatic rings. The highest BCUT2D eigenvalue weighted by Gasteiger charge is 2.29. The minimum absolute atomic E-state index is 0.0158. The Morgan fingerprint density at radius 1 is 1.67 bits per heavy atom. The van der Waals surface area contributed by atoms with Crippen molar-refractivity contribution in [3.05, 3.63) is 10.6 Å². The molecular weight excluding hydrogens is 252 g/mol. The van der Waals surface area contributed by atoms with Crippen LogP contribution in [0, 0.1) is 12.8 Å². The van der Waals surface area contributed by atoms with Gasteiger partial charge in [-0.05, 0) is 24.9 Å². The lowest BCUT2D eigenvalue weighted by atomic mass is 9.93. The van der Waals surface area contributed by atoms with Gasteiger partial charge in [-0.15, -0.1) is 5.10 Å². The highest BCUT2D eigenvalue weighted by molar-refractivity contribution is 7.07. The molecule has 1 N–H and O–H groups in total. The Morgan fingerprint density at radius 2 is 2.44 bits per heavy atom. The van der Waals surface area contributed by atoms with Gasteiger partial charge in [0.2, 0.25) is 0 Å². The fourth-order valence-corrected chi connectivity index (χ4v) is 2.79. The molecule has 0 aromatic carbocycles. The van der Waals surface area contributed by atoms with Crippen molar-refractivity contribution in [3.8, 4) is 0 Å². The second-order valence-corrected chi connectivity index (χ2v) is 5.14. The fraction of sp³-hybridized carbons (Fsp3) is 0.636. The number of carbonyl (C=O) groups is 1. The van der Waals surface area contributed by atoms with E-state index in [9.17, 15) is 4.79 Å². The SMILES string of the molecule is CCC1CN(C(=O)c2snnc2C)CCC1=NO. The number of amides is 1. The van der Waals surface area contributed by atoms with Crippen LogP contribution in [0.5, 0.6) is 0 Å². The first kappa shape index (κ1) is 12.9. The Bertz CT molecular complexity index is 471. The lowest BCUT2D eigenvalue weighted by Crippen LogP contribution is -2.44. The number of aromatic nitrogens is 2. The minimum atomic E-state index is -0.0158. The van der Waals surface area contributed by atoms with E-state index in [0.717, 1.165) is 23.7 Å². The zero-order chi connectivity index (χ0) is 13.1. The van der Waals surface area contributed by atoms with Crippen LogP contribution in [-0.2, 0) is 0 Å². The lowest BCUT2D eigenvalue weighted by molar-refractivity contribution is 0.0733. The maximum absolute atomic E-state index is 12.3. The van der Waals surface area contributed by atoms with E-state index in [1.54, 1.807) is 11.8 Å². The van der Waals surface area contributed by atoms with E-state index >= 15 is 0 Å². The Labute approximate surface area is 109 Å². The average Bonchev–Trinajstić information content (AvgIpc) is 2.83. The van der Waals surface area contributed by atoms with Crippen LogP contribution >= 0.6 is 11.5 Å². The van der Waals surface area contributed by atoms with Gasteiger partial charge in [-0.2, -0.15) is 0 Å². The van der Waals surface area contributed by atoms with Crippen LogP contribution in [0.2, 0.25) is 0 Å². The van der Waals surface area contributed by atoms with E-state index in [1.165, 1.54) is 0 Å². The van der Waals surface area contributed by atoms with Gasteiger partial charge in [0.05, 0.1) is 11.4 Å². The molecule has 1 amide bonds. The fourth-order valence-electron chi connectivity index (χ4n) is 2.17. The van der Waals surface area contributed by atoms with Crippen LogP contribution in [0.25, 0.3) is 0 Å². The van der Waals surface area contributed by atoms with Gasteiger partial charge in [-0.25, -0.2) is 0 Å². The average molecular weight is 268 g/mol. The van der Waals surface area contributed by atoms with Gasteiger partial charge in [0, 0.05) is 25.4 Å². The summed E-state index contributed by atoms with van der Waals surface area (Å²) in [5, 5.41) is 16.1. The van der Waals surface area contributed by atoms with Crippen LogP contribution < -0.4 is 0 Å². The maximum atomic E-state index is 12.3. The zero-order valence-corrected chi connectivity index (χ0v) is 11.3. The predicted octanol–water partition coefficient (Wildman–Crippen LogP) is 1.55. The highest BCUT2D eigenvalue weighted by Crippen LogP contribution is 2.21. The first-order valence-electron chi connectivity index (χ1n) is 5.96. The van der Waals surface area contributed by atoms with E-state index in [0.29, 0.717) is 30.1 Å². The van der Waals surface area contributed by atoms with Crippen molar-refractivity contribution in [2.45, 2.75) is 26.7 Å². The van der Waals surface area contributed by atoms with Crippen molar-refractivity contribution in [2.75, 3.05) is 13.1 Å². The van der Waals surface area contributed by atoms with Crippen LogP contribution in [0.1, 0.15) is 35.1 Å². The zero-order valence-electron chi connectivity index (χ0n) is 10.5. The number of oxime groups is 1. The maximum Gasteiger partial charge on any atom is 0.267 e. The van der Waals surface area contributed by atoms with Gasteiger partial charge in [0.15, 0.2) is 0 Å². The second kappa shape index (κ2) is 5.43. The van der Waals surface area contributed by atoms with Gasteiger partial charge in [-0.3, -0.25) is 4.79 Å². The predicted molar refractivity (Wildman–Crippen MR) is 68.2 cm³/mol. The molecule has 98 valence electrons. The largest absolute Gasteiger partial charge is 0.411 e. The number of carbonyl (C=O) groups excluding carboxylic acids is 1. The molecule has 1 atom stereocenters. The monoisotopic (exact) mass is 268 g/mol. The van der Waals surface area contributed by atoms with Crippen molar-refractivity contribution in [3.63, 3.8) is 0 Å². The number of piperidine rings is 1. The van der Waals surface area contributed by atoms with Gasteiger partial charge < -0.3 is 10.1 Å². The Morgan fingerprint density at radius 3 is 3.00 bits per heavy atom. The van der Waals surface area contributed by atoms with E-state index in [-0.39, 0.29) is 11.8 Å². The smallest absolute Gasteiger partial charge is 0.267 e. The van der Waals surface area contributed by atoms with Crippen molar-refractivity contribution >= 4 is 23.2 Å². The third-order valence-electron chi connectivity index (χ3n) is 3.30. The summed E-state index contributed by atoms with van der Waals surface area (Å²) < 4.78 is 3.79. The van der Waals surface area contributed by atoms with Crippen molar-refractivity contribution in [2.24, 2.45) is 11.1 Å². The summed E-state index contributed by atoms with van der Waals surface area (Å²) in [5.41, 5.74) is 1.47. The molecule has 2 heterocycles. The van der Waals surface area contributed by atoms with Crippen molar-refractivity contribution in [1.29, 1.82) is 0 Å². The van der Waals surface area contributed by atoms with Crippen molar-refractivity contribution < 1.29 is 10.0 Å². The number of rotatable bonds is 2. The molecule has 0 radical (unpaired) electrons. The summed E-state index contributed by atoms with van der Waals surface area (Å²) in [6.45, 7) is 5.01. The quantitative estimate of drug-likeness (QED) is 0.652. The minimum Gasteiger partial charge on any atom is -0.411 e. The summed E-state index contributed by atoms with van der Waals surface area (Å²) in [6.07, 6.45) is 1.50. The third kappa shape index (κ3) is 2.35. The molecule has 7 heteroatoms. The summed E-state index contributed by atoms with van der Waals surface area (Å²) in [6, 6.07) is 0. The molecule has 0 aliphatic carbocycles. The Kier molecular flexibility index (Phi) is 3.90. The van der Waals surface area contributed by atoms with E-state index < -0.39 is 0 Å². The second-order valence-electron chi connectivity index (χ2n) is 4.39. The third-order valence-corrected chi connectivity index (χ3v) is 4.12. The van der Waals surface area contributed by atoms with E-state index in [1.807, 2.05) is 6.92 Å². The van der Waals surface area contributed by atoms with Crippen molar-refractivity contribution in [1.82, 2.24) is 14.5 Å². The van der Waals surface area contributed by atoms with Gasteiger partial charge in [0.1, 0.15) is 4.88 Å². The van der Waals surface area contributed by atoms with E-state index in [2.05, 4.69) is 14.7 Å². The summed E-state index contributed by atoms with van der Waals surface area (Å²) in [5.74, 6) is 0.131. The molecule has 1 fully saturated rings. The molecule has 1 aliphatic heterocycles. The topological polar surface area (TPSA) is 78.7 Å². The van der Waals surface area contributed by atoms with Gasteiger partial charge in [0.25, 0.3) is 5.91 Å². The molecule has 6 nitrogen and oxygen atoms in total. The molecule has 1 saturated heterocycles. The molecule has 0 saturated carbocycles. The van der Waals surface area contributed by atoms with Crippen LogP contribution in [0.15, 0.2) is 5.16 Å². The number of aryl methyl sites for hydroxylation is 1. The van der Waals surface area contributed by atoms with Gasteiger partial charge in [-0.1, -0.05) is 16.6 Å². The highest BCUT2D eigenvalue weighted by atomic mass is 32.1. The first-order chi connectivity index (χ1) is 8.67. The normalized spacial score (nSPS) is 22.4. The van der Waals surface area contributed by atoms with Crippen LogP contribution in [-0.4, -0.2) is 44.4 Å². The Hall–Kier alpha value is -1.50.